The quantitative estimate of drug-likeness (QED) is 0.876. The minimum Gasteiger partial charge on any atom is -0.326 e. The number of carbonyl (C=O) groups is 1. The minimum atomic E-state index is 0.0250. The number of piperidine rings is 1. The number of hydrogen-bond acceptors (Lipinski definition) is 2. The molecule has 21 heavy (non-hydrogen) atoms. The molecular formula is C17H25N3O. The van der Waals surface area contributed by atoms with Crippen LogP contribution in [0.1, 0.15) is 44.1 Å². The maximum absolute atomic E-state index is 12.4. The number of benzene rings is 1. The molecular weight excluding hydrogens is 262 g/mol. The van der Waals surface area contributed by atoms with Crippen LogP contribution in [0.2, 0.25) is 0 Å². The van der Waals surface area contributed by atoms with E-state index in [1.807, 2.05) is 29.2 Å². The van der Waals surface area contributed by atoms with Gasteiger partial charge in [0, 0.05) is 25.3 Å². The monoisotopic (exact) mass is 287 g/mol. The summed E-state index contributed by atoms with van der Waals surface area (Å²) in [6, 6.07) is 7.79. The van der Waals surface area contributed by atoms with Gasteiger partial charge in [0.1, 0.15) is 0 Å². The lowest BCUT2D eigenvalue weighted by atomic mass is 9.77. The summed E-state index contributed by atoms with van der Waals surface area (Å²) in [6.45, 7) is 2.28. The molecule has 1 aromatic carbocycles. The molecule has 1 aliphatic heterocycles. The molecule has 1 spiro atoms. The Morgan fingerprint density at radius 3 is 2.57 bits per heavy atom. The second-order valence-electron chi connectivity index (χ2n) is 6.53. The van der Waals surface area contributed by atoms with Crippen LogP contribution < -0.4 is 11.1 Å². The van der Waals surface area contributed by atoms with Crippen molar-refractivity contribution in [3.63, 3.8) is 0 Å². The zero-order chi connectivity index (χ0) is 14.7. The highest BCUT2D eigenvalue weighted by molar-refractivity contribution is 5.89. The lowest BCUT2D eigenvalue weighted by molar-refractivity contribution is 0.127. The molecule has 0 bridgehead atoms. The van der Waals surface area contributed by atoms with Gasteiger partial charge in [-0.3, -0.25) is 0 Å². The van der Waals surface area contributed by atoms with Crippen LogP contribution in [0.4, 0.5) is 10.5 Å². The molecule has 1 saturated heterocycles. The van der Waals surface area contributed by atoms with E-state index >= 15 is 0 Å². The Bertz CT molecular complexity index is 499. The molecule has 3 N–H and O–H groups in total. The number of anilines is 1. The van der Waals surface area contributed by atoms with Gasteiger partial charge in [0.25, 0.3) is 0 Å². The zero-order valence-corrected chi connectivity index (χ0v) is 12.6. The first-order chi connectivity index (χ1) is 10.2. The first-order valence-corrected chi connectivity index (χ1v) is 8.06. The van der Waals surface area contributed by atoms with Crippen LogP contribution in [-0.2, 0) is 6.54 Å². The van der Waals surface area contributed by atoms with Gasteiger partial charge in [0.15, 0.2) is 0 Å². The lowest BCUT2D eigenvalue weighted by Crippen LogP contribution is -2.44. The van der Waals surface area contributed by atoms with Crippen LogP contribution in [-0.4, -0.2) is 24.0 Å². The molecule has 2 aliphatic rings. The molecule has 4 heteroatoms. The number of nitrogens with one attached hydrogen (secondary N) is 1. The number of nitrogens with zero attached hydrogens (tertiary/aromatic N) is 1. The van der Waals surface area contributed by atoms with E-state index in [1.54, 1.807) is 0 Å². The van der Waals surface area contributed by atoms with E-state index in [0.29, 0.717) is 12.0 Å². The van der Waals surface area contributed by atoms with Crippen molar-refractivity contribution in [1.82, 2.24) is 4.90 Å². The highest BCUT2D eigenvalue weighted by Crippen LogP contribution is 2.46. The molecule has 0 radical (unpaired) electrons. The van der Waals surface area contributed by atoms with Gasteiger partial charge in [-0.25, -0.2) is 4.79 Å². The second-order valence-corrected chi connectivity index (χ2v) is 6.53. The van der Waals surface area contributed by atoms with Crippen LogP contribution in [0.25, 0.3) is 0 Å². The van der Waals surface area contributed by atoms with E-state index in [1.165, 1.54) is 38.5 Å². The van der Waals surface area contributed by atoms with Crippen LogP contribution in [0.5, 0.6) is 0 Å². The number of likely N-dealkylation sites (tertiary alicyclic amines) is 1. The summed E-state index contributed by atoms with van der Waals surface area (Å²) in [5, 5.41) is 3.00. The molecule has 1 saturated carbocycles. The number of amides is 2. The normalized spacial score (nSPS) is 20.7. The lowest BCUT2D eigenvalue weighted by Gasteiger charge is -2.39. The number of rotatable bonds is 2. The Hall–Kier alpha value is -1.55. The highest BCUT2D eigenvalue weighted by atomic mass is 16.2. The van der Waals surface area contributed by atoms with Crippen LogP contribution >= 0.6 is 0 Å². The number of carbonyl (C=O) groups excluding carboxylic acids is 1. The summed E-state index contributed by atoms with van der Waals surface area (Å²) < 4.78 is 0. The van der Waals surface area contributed by atoms with E-state index in [2.05, 4.69) is 5.32 Å². The summed E-state index contributed by atoms with van der Waals surface area (Å²) in [5.41, 5.74) is 8.06. The van der Waals surface area contributed by atoms with Crippen molar-refractivity contribution in [2.75, 3.05) is 18.4 Å². The molecule has 1 aromatic rings. The highest BCUT2D eigenvalue weighted by Gasteiger charge is 2.37. The molecule has 0 atom stereocenters. The number of nitrogens with two attached hydrogens (primary N) is 1. The smallest absolute Gasteiger partial charge is 0.321 e. The first-order valence-electron chi connectivity index (χ1n) is 8.06. The van der Waals surface area contributed by atoms with Crippen LogP contribution in [0.3, 0.4) is 0 Å². The van der Waals surface area contributed by atoms with Gasteiger partial charge in [-0.05, 0) is 48.8 Å². The standard InChI is InChI=1S/C17H25N3O/c18-13-14-4-3-5-15(12-14)19-16(21)20-10-8-17(9-11-20)6-1-2-7-17/h3-5,12H,1-2,6-11,13,18H2,(H,19,21). The Labute approximate surface area is 126 Å². The van der Waals surface area contributed by atoms with Crippen molar-refractivity contribution >= 4 is 11.7 Å². The fourth-order valence-corrected chi connectivity index (χ4v) is 3.79. The summed E-state index contributed by atoms with van der Waals surface area (Å²) >= 11 is 0. The van der Waals surface area contributed by atoms with Gasteiger partial charge >= 0.3 is 6.03 Å². The summed E-state index contributed by atoms with van der Waals surface area (Å²) in [7, 11) is 0. The van der Waals surface area contributed by atoms with Gasteiger partial charge in [-0.1, -0.05) is 25.0 Å². The van der Waals surface area contributed by atoms with Crippen molar-refractivity contribution in [2.45, 2.75) is 45.1 Å². The third-order valence-electron chi connectivity index (χ3n) is 5.19. The Morgan fingerprint density at radius 1 is 1.19 bits per heavy atom. The molecule has 0 unspecified atom stereocenters. The van der Waals surface area contributed by atoms with Crippen molar-refractivity contribution in [3.05, 3.63) is 29.8 Å². The maximum Gasteiger partial charge on any atom is 0.321 e. The fraction of sp³-hybridized carbons (Fsp3) is 0.588. The summed E-state index contributed by atoms with van der Waals surface area (Å²) in [5.74, 6) is 0. The average molecular weight is 287 g/mol. The second kappa shape index (κ2) is 6.06. The topological polar surface area (TPSA) is 58.4 Å². The SMILES string of the molecule is NCc1cccc(NC(=O)N2CCC3(CCCC3)CC2)c1. The zero-order valence-electron chi connectivity index (χ0n) is 12.6. The third kappa shape index (κ3) is 3.21. The van der Waals surface area contributed by atoms with E-state index in [0.717, 1.165) is 24.3 Å². The molecule has 3 rings (SSSR count). The van der Waals surface area contributed by atoms with Gasteiger partial charge in [0.2, 0.25) is 0 Å². The van der Waals surface area contributed by atoms with Gasteiger partial charge in [-0.15, -0.1) is 0 Å². The van der Waals surface area contributed by atoms with E-state index in [-0.39, 0.29) is 6.03 Å². The predicted molar refractivity (Wildman–Crippen MR) is 85.1 cm³/mol. The third-order valence-corrected chi connectivity index (χ3v) is 5.19. The Balaban J connectivity index is 1.56. The molecule has 0 aromatic heterocycles. The number of hydrogen-bond donors (Lipinski definition) is 2. The summed E-state index contributed by atoms with van der Waals surface area (Å²) in [6.07, 6.45) is 7.81. The van der Waals surface area contributed by atoms with E-state index < -0.39 is 0 Å². The predicted octanol–water partition coefficient (Wildman–Crippen LogP) is 3.33. The van der Waals surface area contributed by atoms with Gasteiger partial charge in [-0.2, -0.15) is 0 Å². The first kappa shape index (κ1) is 14.4. The van der Waals surface area contributed by atoms with E-state index in [9.17, 15) is 4.79 Å². The molecule has 4 nitrogen and oxygen atoms in total. The van der Waals surface area contributed by atoms with Crippen molar-refractivity contribution in [3.8, 4) is 0 Å². The maximum atomic E-state index is 12.4. The average Bonchev–Trinajstić information content (AvgIpc) is 2.96. The van der Waals surface area contributed by atoms with Gasteiger partial charge < -0.3 is 16.0 Å². The molecule has 2 fully saturated rings. The van der Waals surface area contributed by atoms with Gasteiger partial charge in [0.05, 0.1) is 0 Å². The number of urea groups is 1. The van der Waals surface area contributed by atoms with E-state index in [4.69, 9.17) is 5.73 Å². The molecule has 1 heterocycles. The van der Waals surface area contributed by atoms with Crippen molar-refractivity contribution in [1.29, 1.82) is 0 Å². The van der Waals surface area contributed by atoms with Crippen molar-refractivity contribution < 1.29 is 4.79 Å². The Morgan fingerprint density at radius 2 is 1.90 bits per heavy atom. The van der Waals surface area contributed by atoms with Crippen LogP contribution in [0.15, 0.2) is 24.3 Å². The molecule has 1 aliphatic carbocycles. The van der Waals surface area contributed by atoms with Crippen LogP contribution in [0, 0.1) is 5.41 Å². The molecule has 114 valence electrons. The molecule has 2 amide bonds. The summed E-state index contributed by atoms with van der Waals surface area (Å²) in [4.78, 5) is 14.3. The minimum absolute atomic E-state index is 0.0250. The van der Waals surface area contributed by atoms with Crippen molar-refractivity contribution in [2.24, 2.45) is 11.1 Å². The largest absolute Gasteiger partial charge is 0.326 e. The fourth-order valence-electron chi connectivity index (χ4n) is 3.79. The Kier molecular flexibility index (Phi) is 4.15.